The van der Waals surface area contributed by atoms with Gasteiger partial charge in [0, 0.05) is 6.61 Å². The van der Waals surface area contributed by atoms with Crippen LogP contribution in [0.15, 0.2) is 59.5 Å². The van der Waals surface area contributed by atoms with Gasteiger partial charge in [-0.05, 0) is 68.9 Å². The summed E-state index contributed by atoms with van der Waals surface area (Å²) < 4.78 is 44.0. The van der Waals surface area contributed by atoms with Crippen LogP contribution in [0.5, 0.6) is 0 Å². The minimum Gasteiger partial charge on any atom is -0.417 e. The first-order valence-corrected chi connectivity index (χ1v) is 16.4. The molecule has 0 N–H and O–H groups in total. The summed E-state index contributed by atoms with van der Waals surface area (Å²) in [6.45, 7) is 16.0. The van der Waals surface area contributed by atoms with Gasteiger partial charge in [0.25, 0.3) is 10.1 Å². The van der Waals surface area contributed by atoms with Crippen LogP contribution in [-0.4, -0.2) is 35.6 Å². The molecule has 0 bridgehead atoms. The number of rotatable bonds is 13. The average Bonchev–Trinajstić information content (AvgIpc) is 2.76. The van der Waals surface area contributed by atoms with Crippen molar-refractivity contribution < 1.29 is 21.8 Å². The van der Waals surface area contributed by atoms with E-state index in [0.29, 0.717) is 19.6 Å². The topological polar surface area (TPSA) is 61.8 Å². The van der Waals surface area contributed by atoms with Gasteiger partial charge in [-0.25, -0.2) is 0 Å². The quantitative estimate of drug-likeness (QED) is 0.169. The molecule has 0 aliphatic heterocycles. The van der Waals surface area contributed by atoms with Crippen molar-refractivity contribution in [3.8, 4) is 0 Å². The van der Waals surface area contributed by atoms with Gasteiger partial charge in [0.15, 0.2) is 8.32 Å². The molecule has 0 saturated heterocycles. The summed E-state index contributed by atoms with van der Waals surface area (Å²) >= 11 is 0. The predicted octanol–water partition coefficient (Wildman–Crippen LogP) is 6.87. The fourth-order valence-electron chi connectivity index (χ4n) is 3.18. The van der Waals surface area contributed by atoms with Gasteiger partial charge in [0.2, 0.25) is 0 Å². The van der Waals surface area contributed by atoms with E-state index in [1.54, 1.807) is 24.3 Å². The molecule has 2 aromatic rings. The SMILES string of the molecule is Cc1ccc(S(=O)(=O)O[C@@H](CCCCO[Si](C)(C)C(C)(C)C)[C@H](C)OCc2ccccc2)cc1. The second-order valence-electron chi connectivity index (χ2n) is 10.5. The fraction of sp³-hybridized carbons (Fsp3) is 0.556. The van der Waals surface area contributed by atoms with Gasteiger partial charge >= 0.3 is 0 Å². The summed E-state index contributed by atoms with van der Waals surface area (Å²) in [6.07, 6.45) is 1.25. The molecule has 0 saturated carbocycles. The molecule has 0 aliphatic carbocycles. The lowest BCUT2D eigenvalue weighted by atomic mass is 10.1. The largest absolute Gasteiger partial charge is 0.417 e. The number of unbranched alkanes of at least 4 members (excludes halogenated alkanes) is 1. The highest BCUT2D eigenvalue weighted by Gasteiger charge is 2.36. The third-order valence-corrected chi connectivity index (χ3v) is 12.5. The molecule has 0 radical (unpaired) electrons. The smallest absolute Gasteiger partial charge is 0.297 e. The van der Waals surface area contributed by atoms with Crippen molar-refractivity contribution in [2.24, 2.45) is 0 Å². The van der Waals surface area contributed by atoms with Crippen molar-refractivity contribution in [1.29, 1.82) is 0 Å². The third-order valence-electron chi connectivity index (χ3n) is 6.59. The molecule has 0 aliphatic rings. The normalized spacial score (nSPS) is 14.7. The summed E-state index contributed by atoms with van der Waals surface area (Å²) in [5, 5.41) is 0.167. The van der Waals surface area contributed by atoms with Gasteiger partial charge in [-0.15, -0.1) is 0 Å². The molecule has 0 unspecified atom stereocenters. The van der Waals surface area contributed by atoms with Crippen LogP contribution in [0, 0.1) is 6.92 Å². The molecule has 190 valence electrons. The molecule has 5 nitrogen and oxygen atoms in total. The maximum absolute atomic E-state index is 13.0. The molecule has 0 aromatic heterocycles. The van der Waals surface area contributed by atoms with Crippen LogP contribution in [0.1, 0.15) is 58.1 Å². The Labute approximate surface area is 208 Å². The maximum Gasteiger partial charge on any atom is 0.297 e. The zero-order valence-corrected chi connectivity index (χ0v) is 23.7. The van der Waals surface area contributed by atoms with E-state index in [4.69, 9.17) is 13.3 Å². The van der Waals surface area contributed by atoms with E-state index in [0.717, 1.165) is 24.0 Å². The number of aryl methyl sites for hydroxylation is 1. The second-order valence-corrected chi connectivity index (χ2v) is 16.9. The Kier molecular flexibility index (Phi) is 10.5. The van der Waals surface area contributed by atoms with E-state index < -0.39 is 24.5 Å². The van der Waals surface area contributed by atoms with Gasteiger partial charge in [-0.1, -0.05) is 68.8 Å². The zero-order chi connectivity index (χ0) is 25.4. The molecule has 2 atom stereocenters. The highest BCUT2D eigenvalue weighted by Crippen LogP contribution is 2.36. The minimum absolute atomic E-state index is 0.166. The van der Waals surface area contributed by atoms with E-state index >= 15 is 0 Å². The van der Waals surface area contributed by atoms with Crippen LogP contribution in [0.3, 0.4) is 0 Å². The van der Waals surface area contributed by atoms with E-state index in [1.807, 2.05) is 44.2 Å². The number of hydrogen-bond acceptors (Lipinski definition) is 5. The monoisotopic (exact) mass is 506 g/mol. The Morgan fingerprint density at radius 2 is 1.56 bits per heavy atom. The standard InChI is InChI=1S/C27H42O5SSi/c1-22-16-18-25(19-17-22)33(28,29)32-26(23(2)30-21-24-13-9-8-10-14-24)15-11-12-20-31-34(6,7)27(3,4)5/h8-10,13-14,16-19,23,26H,11-12,15,20-21H2,1-7H3/t23-,26-/m0/s1. The zero-order valence-electron chi connectivity index (χ0n) is 21.8. The number of ether oxygens (including phenoxy) is 1. The Morgan fingerprint density at radius 3 is 2.15 bits per heavy atom. The van der Waals surface area contributed by atoms with Crippen molar-refractivity contribution in [1.82, 2.24) is 0 Å². The van der Waals surface area contributed by atoms with Crippen LogP contribution in [0.4, 0.5) is 0 Å². The molecule has 2 aromatic carbocycles. The Bertz CT molecular complexity index is 966. The Balaban J connectivity index is 2.01. The summed E-state index contributed by atoms with van der Waals surface area (Å²) in [5.41, 5.74) is 2.04. The minimum atomic E-state index is -3.89. The molecule has 0 amide bonds. The molecule has 0 heterocycles. The van der Waals surface area contributed by atoms with Crippen molar-refractivity contribution in [3.63, 3.8) is 0 Å². The fourth-order valence-corrected chi connectivity index (χ4v) is 5.43. The van der Waals surface area contributed by atoms with Crippen LogP contribution < -0.4 is 0 Å². The third kappa shape index (κ3) is 8.93. The lowest BCUT2D eigenvalue weighted by Crippen LogP contribution is -2.41. The van der Waals surface area contributed by atoms with Gasteiger partial charge in [-0.3, -0.25) is 4.18 Å². The predicted molar refractivity (Wildman–Crippen MR) is 141 cm³/mol. The van der Waals surface area contributed by atoms with Crippen LogP contribution >= 0.6 is 0 Å². The van der Waals surface area contributed by atoms with Crippen molar-refractivity contribution in [3.05, 3.63) is 65.7 Å². The molecule has 2 rings (SSSR count). The van der Waals surface area contributed by atoms with Crippen LogP contribution in [-0.2, 0) is 30.1 Å². The second kappa shape index (κ2) is 12.4. The van der Waals surface area contributed by atoms with E-state index in [-0.39, 0.29) is 16.0 Å². The molecule has 7 heteroatoms. The van der Waals surface area contributed by atoms with Crippen molar-refractivity contribution >= 4 is 18.4 Å². The van der Waals surface area contributed by atoms with Gasteiger partial charge in [-0.2, -0.15) is 8.42 Å². The van der Waals surface area contributed by atoms with Crippen molar-refractivity contribution in [2.75, 3.05) is 6.61 Å². The lowest BCUT2D eigenvalue weighted by molar-refractivity contribution is -0.0254. The van der Waals surface area contributed by atoms with E-state index in [2.05, 4.69) is 33.9 Å². The first kappa shape index (κ1) is 28.7. The number of hydrogen-bond donors (Lipinski definition) is 0. The first-order valence-electron chi connectivity index (χ1n) is 12.1. The summed E-state index contributed by atoms with van der Waals surface area (Å²) in [6, 6.07) is 16.6. The van der Waals surface area contributed by atoms with Gasteiger partial charge in [0.1, 0.15) is 6.10 Å². The average molecular weight is 507 g/mol. The Morgan fingerprint density at radius 1 is 0.941 bits per heavy atom. The van der Waals surface area contributed by atoms with Crippen LogP contribution in [0.25, 0.3) is 0 Å². The highest BCUT2D eigenvalue weighted by atomic mass is 32.2. The molecular formula is C27H42O5SSi. The van der Waals surface area contributed by atoms with Gasteiger partial charge < -0.3 is 9.16 Å². The van der Waals surface area contributed by atoms with E-state index in [1.165, 1.54) is 0 Å². The molecular weight excluding hydrogens is 464 g/mol. The van der Waals surface area contributed by atoms with Crippen molar-refractivity contribution in [2.45, 2.75) is 95.7 Å². The maximum atomic E-state index is 13.0. The lowest BCUT2D eigenvalue weighted by Gasteiger charge is -2.36. The summed E-state index contributed by atoms with van der Waals surface area (Å²) in [4.78, 5) is 0.166. The Hall–Kier alpha value is -1.51. The van der Waals surface area contributed by atoms with Crippen LogP contribution in [0.2, 0.25) is 18.1 Å². The first-order chi connectivity index (χ1) is 15.8. The van der Waals surface area contributed by atoms with E-state index in [9.17, 15) is 8.42 Å². The summed E-state index contributed by atoms with van der Waals surface area (Å²) in [7, 11) is -5.69. The van der Waals surface area contributed by atoms with Gasteiger partial charge in [0.05, 0.1) is 17.6 Å². The highest BCUT2D eigenvalue weighted by molar-refractivity contribution is 7.86. The molecule has 0 spiro atoms. The summed E-state index contributed by atoms with van der Waals surface area (Å²) in [5.74, 6) is 0. The molecule has 34 heavy (non-hydrogen) atoms. The molecule has 0 fully saturated rings. The number of benzene rings is 2.